The number of methoxy groups -OCH3 is 1. The van der Waals surface area contributed by atoms with Crippen molar-refractivity contribution >= 4 is 11.9 Å². The Balaban J connectivity index is 2.09. The van der Waals surface area contributed by atoms with Gasteiger partial charge < -0.3 is 15.8 Å². The van der Waals surface area contributed by atoms with Crippen LogP contribution in [0.2, 0.25) is 0 Å². The molecule has 0 saturated heterocycles. The van der Waals surface area contributed by atoms with Gasteiger partial charge in [-0.25, -0.2) is 0 Å². The Morgan fingerprint density at radius 2 is 2.06 bits per heavy atom. The number of hydrogen-bond donors (Lipinski definition) is 2. The molecule has 2 unspecified atom stereocenters. The highest BCUT2D eigenvalue weighted by Gasteiger charge is 2.24. The first-order valence-electron chi connectivity index (χ1n) is 6.55. The molecule has 3 N–H and O–H groups in total. The van der Waals surface area contributed by atoms with Gasteiger partial charge in [0.05, 0.1) is 7.11 Å². The topological polar surface area (TPSA) is 86.0 Å². The fourth-order valence-electron chi connectivity index (χ4n) is 2.58. The Hall–Kier alpha value is -1.59. The molecule has 1 saturated carbocycles. The van der Waals surface area contributed by atoms with Crippen molar-refractivity contribution in [3.05, 3.63) is 0 Å². The lowest BCUT2D eigenvalue weighted by Gasteiger charge is -2.31. The smallest absolute Gasteiger partial charge is 0.322 e. The molecule has 100 valence electrons. The zero-order valence-electron chi connectivity index (χ0n) is 11.0. The molecule has 0 radical (unpaired) electrons. The molecular formula is C12H21N5O. The van der Waals surface area contributed by atoms with Crippen molar-refractivity contribution in [2.24, 2.45) is 5.92 Å². The van der Waals surface area contributed by atoms with E-state index in [1.807, 2.05) is 0 Å². The van der Waals surface area contributed by atoms with Crippen LogP contribution >= 0.6 is 0 Å². The molecule has 1 aliphatic rings. The first-order chi connectivity index (χ1) is 8.72. The summed E-state index contributed by atoms with van der Waals surface area (Å²) < 4.78 is 5.00. The maximum atomic E-state index is 5.63. The molecule has 1 aromatic rings. The lowest BCUT2D eigenvalue weighted by Crippen LogP contribution is -2.32. The highest BCUT2D eigenvalue weighted by Crippen LogP contribution is 2.28. The van der Waals surface area contributed by atoms with Gasteiger partial charge in [-0.2, -0.15) is 15.0 Å². The minimum atomic E-state index is 0.188. The molecule has 1 aliphatic carbocycles. The number of rotatable bonds is 4. The van der Waals surface area contributed by atoms with Gasteiger partial charge in [0.1, 0.15) is 0 Å². The molecule has 2 atom stereocenters. The van der Waals surface area contributed by atoms with E-state index in [4.69, 9.17) is 10.5 Å². The zero-order chi connectivity index (χ0) is 13.0. The van der Waals surface area contributed by atoms with Crippen molar-refractivity contribution in [1.29, 1.82) is 0 Å². The quantitative estimate of drug-likeness (QED) is 0.849. The summed E-state index contributed by atoms with van der Waals surface area (Å²) in [5.74, 6) is 1.39. The minimum absolute atomic E-state index is 0.188. The minimum Gasteiger partial charge on any atom is -0.467 e. The largest absolute Gasteiger partial charge is 0.467 e. The number of nitrogens with one attached hydrogen (secondary N) is 1. The van der Waals surface area contributed by atoms with Gasteiger partial charge in [-0.3, -0.25) is 0 Å². The molecule has 18 heavy (non-hydrogen) atoms. The van der Waals surface area contributed by atoms with Gasteiger partial charge in [-0.15, -0.1) is 0 Å². The van der Waals surface area contributed by atoms with E-state index in [1.165, 1.54) is 32.8 Å². The third-order valence-electron chi connectivity index (χ3n) is 3.56. The Morgan fingerprint density at radius 1 is 1.28 bits per heavy atom. The van der Waals surface area contributed by atoms with Crippen LogP contribution in [0, 0.1) is 5.92 Å². The summed E-state index contributed by atoms with van der Waals surface area (Å²) in [6.07, 6.45) is 6.18. The van der Waals surface area contributed by atoms with Crippen LogP contribution in [0.3, 0.4) is 0 Å². The summed E-state index contributed by atoms with van der Waals surface area (Å²) in [6.45, 7) is 2.23. The van der Waals surface area contributed by atoms with Crippen LogP contribution in [0.5, 0.6) is 6.01 Å². The number of ether oxygens (including phenoxy) is 1. The zero-order valence-corrected chi connectivity index (χ0v) is 11.0. The second-order valence-corrected chi connectivity index (χ2v) is 4.71. The number of anilines is 2. The fraction of sp³-hybridized carbons (Fsp3) is 0.750. The van der Waals surface area contributed by atoms with E-state index >= 15 is 0 Å². The Labute approximate surface area is 107 Å². The highest BCUT2D eigenvalue weighted by atomic mass is 16.5. The van der Waals surface area contributed by atoms with Gasteiger partial charge in [-0.05, 0) is 18.8 Å². The lowest BCUT2D eigenvalue weighted by molar-refractivity contribution is 0.315. The summed E-state index contributed by atoms with van der Waals surface area (Å²) in [7, 11) is 1.52. The number of hydrogen-bond acceptors (Lipinski definition) is 6. The van der Waals surface area contributed by atoms with Crippen LogP contribution in [0.15, 0.2) is 0 Å². The average Bonchev–Trinajstić information content (AvgIpc) is 2.38. The van der Waals surface area contributed by atoms with E-state index in [2.05, 4.69) is 27.2 Å². The van der Waals surface area contributed by atoms with Crippen LogP contribution in [0.4, 0.5) is 11.9 Å². The molecule has 2 rings (SSSR count). The maximum Gasteiger partial charge on any atom is 0.322 e. The van der Waals surface area contributed by atoms with Gasteiger partial charge in [-0.1, -0.05) is 26.2 Å². The predicted molar refractivity (Wildman–Crippen MR) is 70.5 cm³/mol. The van der Waals surface area contributed by atoms with Crippen LogP contribution in [-0.4, -0.2) is 28.1 Å². The van der Waals surface area contributed by atoms with Crippen LogP contribution in [-0.2, 0) is 0 Å². The standard InChI is InChI=1S/C12H21N5O/c1-3-8-6-4-5-7-9(8)14-11-15-10(13)16-12(17-11)18-2/h8-9H,3-7H2,1-2H3,(H3,13,14,15,16,17). The summed E-state index contributed by atoms with van der Waals surface area (Å²) in [5, 5.41) is 3.38. The molecule has 0 aromatic carbocycles. The second-order valence-electron chi connectivity index (χ2n) is 4.71. The van der Waals surface area contributed by atoms with E-state index in [0.717, 1.165) is 6.42 Å². The molecule has 6 nitrogen and oxygen atoms in total. The van der Waals surface area contributed by atoms with Gasteiger partial charge in [0.25, 0.3) is 0 Å². The molecule has 6 heteroatoms. The predicted octanol–water partition coefficient (Wildman–Crippen LogP) is 1.84. The number of nitrogen functional groups attached to an aromatic ring is 1. The van der Waals surface area contributed by atoms with Gasteiger partial charge in [0, 0.05) is 6.04 Å². The van der Waals surface area contributed by atoms with Crippen molar-refractivity contribution in [2.45, 2.75) is 45.1 Å². The van der Waals surface area contributed by atoms with Crippen molar-refractivity contribution in [1.82, 2.24) is 15.0 Å². The molecular weight excluding hydrogens is 230 g/mol. The molecule has 1 fully saturated rings. The number of aromatic nitrogens is 3. The summed E-state index contributed by atoms with van der Waals surface area (Å²) >= 11 is 0. The van der Waals surface area contributed by atoms with Crippen molar-refractivity contribution in [3.63, 3.8) is 0 Å². The Kier molecular flexibility index (Phi) is 4.17. The molecule has 1 aromatic heterocycles. The van der Waals surface area contributed by atoms with Gasteiger partial charge in [0.2, 0.25) is 11.9 Å². The average molecular weight is 251 g/mol. The summed E-state index contributed by atoms with van der Waals surface area (Å²) in [4.78, 5) is 12.2. The van der Waals surface area contributed by atoms with Crippen molar-refractivity contribution in [3.8, 4) is 6.01 Å². The highest BCUT2D eigenvalue weighted by molar-refractivity contribution is 5.33. The third-order valence-corrected chi connectivity index (χ3v) is 3.56. The van der Waals surface area contributed by atoms with E-state index in [1.54, 1.807) is 0 Å². The first kappa shape index (κ1) is 12.9. The Morgan fingerprint density at radius 3 is 2.78 bits per heavy atom. The summed E-state index contributed by atoms with van der Waals surface area (Å²) in [5.41, 5.74) is 5.63. The summed E-state index contributed by atoms with van der Waals surface area (Å²) in [6, 6.07) is 0.684. The second kappa shape index (κ2) is 5.84. The number of nitrogens with two attached hydrogens (primary N) is 1. The molecule has 0 bridgehead atoms. The number of nitrogens with zero attached hydrogens (tertiary/aromatic N) is 3. The SMILES string of the molecule is CCC1CCCCC1Nc1nc(N)nc(OC)n1. The van der Waals surface area contributed by atoms with Crippen molar-refractivity contribution < 1.29 is 4.74 Å². The fourth-order valence-corrected chi connectivity index (χ4v) is 2.58. The molecule has 1 heterocycles. The van der Waals surface area contributed by atoms with Crippen LogP contribution in [0.25, 0.3) is 0 Å². The van der Waals surface area contributed by atoms with Crippen molar-refractivity contribution in [2.75, 3.05) is 18.2 Å². The lowest BCUT2D eigenvalue weighted by atomic mass is 9.83. The Bertz CT molecular complexity index is 398. The van der Waals surface area contributed by atoms with E-state index in [-0.39, 0.29) is 12.0 Å². The third kappa shape index (κ3) is 3.00. The van der Waals surface area contributed by atoms with E-state index in [0.29, 0.717) is 17.9 Å². The monoisotopic (exact) mass is 251 g/mol. The maximum absolute atomic E-state index is 5.63. The van der Waals surface area contributed by atoms with E-state index < -0.39 is 0 Å². The van der Waals surface area contributed by atoms with Gasteiger partial charge >= 0.3 is 6.01 Å². The van der Waals surface area contributed by atoms with Crippen LogP contribution < -0.4 is 15.8 Å². The molecule has 0 aliphatic heterocycles. The van der Waals surface area contributed by atoms with Crippen LogP contribution in [0.1, 0.15) is 39.0 Å². The molecule has 0 spiro atoms. The molecule has 0 amide bonds. The normalized spacial score (nSPS) is 23.7. The van der Waals surface area contributed by atoms with E-state index in [9.17, 15) is 0 Å². The van der Waals surface area contributed by atoms with Gasteiger partial charge in [0.15, 0.2) is 0 Å². The first-order valence-corrected chi connectivity index (χ1v) is 6.55.